The lowest BCUT2D eigenvalue weighted by atomic mass is 10.0. The van der Waals surface area contributed by atoms with E-state index >= 15 is 0 Å². The lowest BCUT2D eigenvalue weighted by Crippen LogP contribution is -2.30. The van der Waals surface area contributed by atoms with Crippen molar-refractivity contribution in [3.8, 4) is 0 Å². The fourth-order valence-corrected chi connectivity index (χ4v) is 1.09. The van der Waals surface area contributed by atoms with E-state index in [1.54, 1.807) is 11.9 Å². The van der Waals surface area contributed by atoms with Crippen LogP contribution in [0.2, 0.25) is 0 Å². The second-order valence-electron chi connectivity index (χ2n) is 3.75. The van der Waals surface area contributed by atoms with Crippen molar-refractivity contribution in [3.05, 3.63) is 0 Å². The van der Waals surface area contributed by atoms with Gasteiger partial charge in [0.2, 0.25) is 5.91 Å². The lowest BCUT2D eigenvalue weighted by Gasteiger charge is -2.18. The molecule has 0 saturated carbocycles. The van der Waals surface area contributed by atoms with Crippen LogP contribution in [-0.2, 0) is 4.79 Å². The zero-order chi connectivity index (χ0) is 11.1. The summed E-state index contributed by atoms with van der Waals surface area (Å²) in [6.07, 6.45) is 2.26. The van der Waals surface area contributed by atoms with Crippen molar-refractivity contribution >= 4 is 23.1 Å². The highest BCUT2D eigenvalue weighted by molar-refractivity contribution is 7.80. The second kappa shape index (κ2) is 6.76. The first-order chi connectivity index (χ1) is 6.47. The van der Waals surface area contributed by atoms with Gasteiger partial charge in [-0.25, -0.2) is 0 Å². The van der Waals surface area contributed by atoms with Gasteiger partial charge < -0.3 is 10.6 Å². The summed E-state index contributed by atoms with van der Waals surface area (Å²) >= 11 is 4.75. The molecule has 0 radical (unpaired) electrons. The van der Waals surface area contributed by atoms with Gasteiger partial charge >= 0.3 is 0 Å². The minimum absolute atomic E-state index is 0.176. The Bertz CT molecular complexity index is 206. The number of amides is 1. The smallest absolute Gasteiger partial charge is 0.222 e. The average Bonchev–Trinajstić information content (AvgIpc) is 2.13. The summed E-state index contributed by atoms with van der Waals surface area (Å²) in [5.74, 6) is 0.630. The van der Waals surface area contributed by atoms with Gasteiger partial charge in [-0.2, -0.15) is 0 Å². The number of hydrogen-bond acceptors (Lipinski definition) is 2. The minimum Gasteiger partial charge on any atom is -0.393 e. The van der Waals surface area contributed by atoms with E-state index in [0.29, 0.717) is 30.3 Å². The normalized spacial score (nSPS) is 12.2. The van der Waals surface area contributed by atoms with Crippen molar-refractivity contribution < 1.29 is 4.79 Å². The Kier molecular flexibility index (Phi) is 6.45. The number of thiocarbonyl (C=S) groups is 1. The van der Waals surface area contributed by atoms with E-state index in [0.717, 1.165) is 6.42 Å². The zero-order valence-corrected chi connectivity index (χ0v) is 10.1. The van der Waals surface area contributed by atoms with E-state index in [2.05, 4.69) is 13.8 Å². The molecule has 0 saturated heterocycles. The number of nitrogens with zero attached hydrogens (tertiary/aromatic N) is 1. The third kappa shape index (κ3) is 5.91. The molecular weight excluding hydrogens is 196 g/mol. The van der Waals surface area contributed by atoms with Gasteiger partial charge in [0.25, 0.3) is 0 Å². The number of hydrogen-bond donors (Lipinski definition) is 1. The molecule has 0 rings (SSSR count). The fraction of sp³-hybridized carbons (Fsp3) is 0.800. The van der Waals surface area contributed by atoms with Crippen molar-refractivity contribution in [1.82, 2.24) is 4.90 Å². The Morgan fingerprint density at radius 1 is 1.57 bits per heavy atom. The maximum absolute atomic E-state index is 11.6. The molecule has 1 unspecified atom stereocenters. The standard InChI is InChI=1S/C10H20N2OS/c1-4-8(2)7-10(13)12(3)6-5-9(11)14/h8H,4-7H2,1-3H3,(H2,11,14). The van der Waals surface area contributed by atoms with Gasteiger partial charge in [0.1, 0.15) is 0 Å². The molecule has 1 atom stereocenters. The van der Waals surface area contributed by atoms with Gasteiger partial charge in [0.05, 0.1) is 4.99 Å². The number of carbonyl (C=O) groups is 1. The van der Waals surface area contributed by atoms with Crippen LogP contribution < -0.4 is 5.73 Å². The third-order valence-electron chi connectivity index (χ3n) is 2.34. The molecule has 0 aliphatic carbocycles. The quantitative estimate of drug-likeness (QED) is 0.685. The highest BCUT2D eigenvalue weighted by atomic mass is 32.1. The molecule has 0 bridgehead atoms. The first-order valence-electron chi connectivity index (χ1n) is 4.99. The first kappa shape index (κ1) is 13.4. The lowest BCUT2D eigenvalue weighted by molar-refractivity contribution is -0.130. The molecule has 0 aliphatic rings. The van der Waals surface area contributed by atoms with Crippen molar-refractivity contribution in [3.63, 3.8) is 0 Å². The maximum atomic E-state index is 11.6. The summed E-state index contributed by atoms with van der Waals surface area (Å²) in [5, 5.41) is 0. The summed E-state index contributed by atoms with van der Waals surface area (Å²) < 4.78 is 0. The molecular formula is C10H20N2OS. The summed E-state index contributed by atoms with van der Waals surface area (Å²) in [6, 6.07) is 0. The van der Waals surface area contributed by atoms with Gasteiger partial charge in [-0.3, -0.25) is 4.79 Å². The van der Waals surface area contributed by atoms with Gasteiger partial charge in [-0.1, -0.05) is 32.5 Å². The Hall–Kier alpha value is -0.640. The molecule has 3 nitrogen and oxygen atoms in total. The Morgan fingerprint density at radius 3 is 2.57 bits per heavy atom. The molecule has 0 spiro atoms. The van der Waals surface area contributed by atoms with Crippen LogP contribution in [-0.4, -0.2) is 29.4 Å². The molecule has 14 heavy (non-hydrogen) atoms. The summed E-state index contributed by atoms with van der Waals surface area (Å²) in [7, 11) is 1.79. The van der Waals surface area contributed by atoms with Crippen molar-refractivity contribution in [2.45, 2.75) is 33.1 Å². The van der Waals surface area contributed by atoms with Gasteiger partial charge in [-0.15, -0.1) is 0 Å². The number of nitrogens with two attached hydrogens (primary N) is 1. The Labute approximate surface area is 91.6 Å². The van der Waals surface area contributed by atoms with E-state index in [4.69, 9.17) is 18.0 Å². The van der Waals surface area contributed by atoms with Crippen LogP contribution in [0.4, 0.5) is 0 Å². The second-order valence-corrected chi connectivity index (χ2v) is 4.27. The molecule has 0 aromatic rings. The first-order valence-corrected chi connectivity index (χ1v) is 5.40. The predicted molar refractivity (Wildman–Crippen MR) is 63.1 cm³/mol. The van der Waals surface area contributed by atoms with Crippen LogP contribution in [0.1, 0.15) is 33.1 Å². The van der Waals surface area contributed by atoms with Crippen LogP contribution in [0.5, 0.6) is 0 Å². The average molecular weight is 216 g/mol. The summed E-state index contributed by atoms with van der Waals surface area (Å²) in [4.78, 5) is 13.7. The number of rotatable bonds is 6. The summed E-state index contributed by atoms with van der Waals surface area (Å²) in [5.41, 5.74) is 5.36. The highest BCUT2D eigenvalue weighted by Gasteiger charge is 2.11. The molecule has 0 aromatic heterocycles. The van der Waals surface area contributed by atoms with E-state index in [1.807, 2.05) is 0 Å². The molecule has 4 heteroatoms. The Balaban J connectivity index is 3.81. The molecule has 2 N–H and O–H groups in total. The summed E-state index contributed by atoms with van der Waals surface area (Å²) in [6.45, 7) is 4.80. The molecule has 1 amide bonds. The van der Waals surface area contributed by atoms with E-state index < -0.39 is 0 Å². The van der Waals surface area contributed by atoms with E-state index in [9.17, 15) is 4.79 Å². The van der Waals surface area contributed by atoms with Gasteiger partial charge in [-0.05, 0) is 5.92 Å². The van der Waals surface area contributed by atoms with Crippen LogP contribution in [0.15, 0.2) is 0 Å². The fourth-order valence-electron chi connectivity index (χ4n) is 1.00. The van der Waals surface area contributed by atoms with Crippen LogP contribution in [0.3, 0.4) is 0 Å². The molecule has 0 heterocycles. The monoisotopic (exact) mass is 216 g/mol. The van der Waals surface area contributed by atoms with Gasteiger partial charge in [0.15, 0.2) is 0 Å². The largest absolute Gasteiger partial charge is 0.393 e. The van der Waals surface area contributed by atoms with Gasteiger partial charge in [0, 0.05) is 26.4 Å². The zero-order valence-electron chi connectivity index (χ0n) is 9.25. The molecule has 82 valence electrons. The third-order valence-corrected chi connectivity index (χ3v) is 2.54. The highest BCUT2D eigenvalue weighted by Crippen LogP contribution is 2.08. The van der Waals surface area contributed by atoms with Crippen LogP contribution in [0, 0.1) is 5.92 Å². The van der Waals surface area contributed by atoms with Crippen LogP contribution >= 0.6 is 12.2 Å². The van der Waals surface area contributed by atoms with Crippen molar-refractivity contribution in [2.24, 2.45) is 11.7 Å². The SMILES string of the molecule is CCC(C)CC(=O)N(C)CCC(N)=S. The van der Waals surface area contributed by atoms with Crippen molar-refractivity contribution in [2.75, 3.05) is 13.6 Å². The Morgan fingerprint density at radius 2 is 2.14 bits per heavy atom. The van der Waals surface area contributed by atoms with E-state index in [-0.39, 0.29) is 5.91 Å². The van der Waals surface area contributed by atoms with Crippen LogP contribution in [0.25, 0.3) is 0 Å². The van der Waals surface area contributed by atoms with E-state index in [1.165, 1.54) is 0 Å². The topological polar surface area (TPSA) is 46.3 Å². The van der Waals surface area contributed by atoms with Crippen molar-refractivity contribution in [1.29, 1.82) is 0 Å². The number of carbonyl (C=O) groups excluding carboxylic acids is 1. The minimum atomic E-state index is 0.176. The molecule has 0 aliphatic heterocycles. The predicted octanol–water partition coefficient (Wildman–Crippen LogP) is 1.56. The molecule has 0 aromatic carbocycles. The maximum Gasteiger partial charge on any atom is 0.222 e. The molecule has 0 fully saturated rings.